The molecule has 7 heterocycles. The molecule has 0 fully saturated rings. The van der Waals surface area contributed by atoms with E-state index in [1.54, 1.807) is 113 Å². The van der Waals surface area contributed by atoms with E-state index in [1.165, 1.54) is 47.9 Å². The molecule has 7 rings (SSSR count). The maximum absolute atomic E-state index is 13.2. The summed E-state index contributed by atoms with van der Waals surface area (Å²) in [7, 11) is 0. The molecule has 17 N–H and O–H groups in total. The molecule has 0 radical (unpaired) electrons. The second-order valence-corrected chi connectivity index (χ2v) is 46.7. The second-order valence-electron chi connectivity index (χ2n) is 42.4. The number of allylic oxidation sites excluding steroid dienone is 4. The van der Waals surface area contributed by atoms with Crippen LogP contribution in [0.5, 0.6) is 0 Å². The molecule has 24 atom stereocenters. The first-order chi connectivity index (χ1) is 65.3. The zero-order valence-electron chi connectivity index (χ0n) is 88.6. The Bertz CT molecular complexity index is 4870. The van der Waals surface area contributed by atoms with Crippen LogP contribution in [0.4, 0.5) is 0 Å². The van der Waals surface area contributed by atoms with Gasteiger partial charge in [0.05, 0.1) is 169 Å². The number of aliphatic hydroxyl groups excluding tert-OH is 11. The van der Waals surface area contributed by atoms with Crippen LogP contribution in [-0.4, -0.2) is 226 Å². The number of hydrogen-bond donors (Lipinski definition) is 15. The number of thiazole rings is 4. The molecule has 0 spiro atoms. The third-order valence-corrected chi connectivity index (χ3v) is 31.4. The van der Waals surface area contributed by atoms with Gasteiger partial charge in [-0.15, -0.1) is 45.3 Å². The molecule has 0 saturated heterocycles. The lowest BCUT2D eigenvalue weighted by molar-refractivity contribution is -0.158. The number of aryl methyl sites for hydroxylation is 4. The minimum Gasteiger partial charge on any atom is -0.481 e. The highest BCUT2D eigenvalue weighted by Crippen LogP contribution is 2.39. The molecule has 0 saturated carbocycles. The van der Waals surface area contributed by atoms with Crippen molar-refractivity contribution in [3.8, 4) is 0 Å². The maximum atomic E-state index is 13.2. The highest BCUT2D eigenvalue weighted by molar-refractivity contribution is 7.10. The van der Waals surface area contributed by atoms with Gasteiger partial charge in [0.25, 0.3) is 0 Å². The number of nitrogens with zero attached hydrogens (tertiary/aromatic N) is 4. The molecule has 0 aromatic carbocycles. The number of carboxylic acid groups (broad SMARTS) is 1. The zero-order chi connectivity index (χ0) is 107. The van der Waals surface area contributed by atoms with Crippen molar-refractivity contribution < 1.29 is 112 Å². The molecule has 141 heavy (non-hydrogen) atoms. The molecule has 3 aliphatic heterocycles. The Kier molecular flexibility index (Phi) is 51.3. The first-order valence-electron chi connectivity index (χ1n) is 49.5. The van der Waals surface area contributed by atoms with Gasteiger partial charge >= 0.3 is 17.9 Å². The van der Waals surface area contributed by atoms with Crippen molar-refractivity contribution in [2.24, 2.45) is 80.5 Å². The smallest absolute Gasteiger partial charge is 0.309 e. The average molecular weight is 2050 g/mol. The number of carbonyl (C=O) groups excluding carboxylic acids is 7. The lowest BCUT2D eigenvalue weighted by Crippen LogP contribution is -2.48. The largest absolute Gasteiger partial charge is 0.481 e. The number of hydrogen-bond acceptors (Lipinski definition) is 31. The van der Waals surface area contributed by atoms with E-state index in [9.17, 15) is 94.5 Å². The van der Waals surface area contributed by atoms with Crippen molar-refractivity contribution in [2.45, 2.75) is 394 Å². The minimum absolute atomic E-state index is 0. The number of nitrogens with one attached hydrogen (secondary N) is 1. The topological polar surface area (TPSA) is 513 Å². The monoisotopic (exact) mass is 2050 g/mol. The first-order valence-corrected chi connectivity index (χ1v) is 53.0. The van der Waals surface area contributed by atoms with Crippen LogP contribution in [0.2, 0.25) is 0 Å². The SMILES string of the molecule is C/C(=C/C(N)C(O)/C(C)=C/c1csc(C)n1)CCCC(C)C(O)C(C)C(=O)C(C)(C)C(O)CC(=O)O.C/C1=C/C(C(O)/C(C)=C/c2csc(C)n2)NC(=O)CC(O)C(C)(C)C(=O)C(C)C(O)C(C)CCC1.C/C1=C/C(N)C(/C(C)=C/c2csc(C)n2)OC(=O)CC(O)C(C)(C)C(=O)C(C)C(O)C(C)CCC1.C/C1=C/C(O)C(/C(C)=C/c2csc(C)n2)OC(=O)CC(O)C(C)(C)C(=O)C(C)C(O)C(C)CCC1.[HH].[HH]. The van der Waals surface area contributed by atoms with E-state index in [0.29, 0.717) is 30.4 Å². The van der Waals surface area contributed by atoms with Crippen LogP contribution in [0, 0.1) is 96.7 Å². The lowest BCUT2D eigenvalue weighted by Gasteiger charge is -2.34. The van der Waals surface area contributed by atoms with Gasteiger partial charge in [-0.1, -0.05) is 157 Å². The standard InChI is InChI=1S/C27H44N2O6S.2C27H42N2O5S.C27H41NO6S.2H2/c1-15(11-21(28)25(34)17(3)12-20-14-36-19(5)29-20)9-8-10-16(2)24(33)18(4)26(35)27(6,7)22(30)13-23(31)32;1-15-9-8-10-16(2)24(32)18(4)26(33)27(6,7)22(30)13-23(31)34-25(21(28)11-15)17(3)12-20-14-35-19(5)29-20;1-15-9-8-10-16(2)24(32)18(4)26(34)27(6,7)22(30)13-23(31)29-21(11-15)25(33)17(3)12-20-14-35-19(5)28-20;1-15-9-8-10-16(2)24(32)18(4)26(33)27(6,7)22(30)13-23(31)34-25(21(29)11-15)17(3)12-20-14-35-19(5)28-20;;/h11-12,14,16,18,21-22,24-25,30,33-34H,8-10,13,28H2,1-7H3,(H,31,32);11-12,14,16,18,21-22,24-25,30,32H,8-10,13,28H2,1-7H3;11-12,14,16,18,21-22,24-25,30,32-33H,8-10,13H2,1-7H3,(H,29,31);11-12,14,16,18,21-22,24-25,29-30,32H,8-10,13H2,1-7H3;2*1H/b4*15-11-,17-12+;;. The molecule has 33 heteroatoms. The van der Waals surface area contributed by atoms with Crippen LogP contribution >= 0.6 is 45.3 Å². The summed E-state index contributed by atoms with van der Waals surface area (Å²) in [6.45, 7) is 49.7. The number of cyclic esters (lactones) is 2. The van der Waals surface area contributed by atoms with Crippen LogP contribution in [-0.2, 0) is 47.8 Å². The molecule has 796 valence electrons. The minimum atomic E-state index is -1.33. The number of aliphatic hydroxyl groups is 11. The van der Waals surface area contributed by atoms with E-state index in [4.69, 9.17) is 26.0 Å². The van der Waals surface area contributed by atoms with Gasteiger partial charge < -0.3 is 87.5 Å². The number of ketones is 4. The summed E-state index contributed by atoms with van der Waals surface area (Å²) in [6, 6.07) is -1.84. The summed E-state index contributed by atoms with van der Waals surface area (Å²) in [6.07, 6.45) is 8.88. The number of carbonyl (C=O) groups is 8. The molecule has 4 aromatic heterocycles. The fourth-order valence-electron chi connectivity index (χ4n) is 18.0. The number of rotatable bonds is 22. The van der Waals surface area contributed by atoms with Gasteiger partial charge in [-0.25, -0.2) is 19.9 Å². The zero-order valence-corrected chi connectivity index (χ0v) is 91.9. The van der Waals surface area contributed by atoms with Gasteiger partial charge in [0, 0.05) is 48.0 Å². The summed E-state index contributed by atoms with van der Waals surface area (Å²) in [5.74, 6) is -7.40. The van der Waals surface area contributed by atoms with Crippen molar-refractivity contribution in [1.29, 1.82) is 0 Å². The lowest BCUT2D eigenvalue weighted by atomic mass is 9.73. The van der Waals surface area contributed by atoms with Gasteiger partial charge in [-0.2, -0.15) is 0 Å². The summed E-state index contributed by atoms with van der Waals surface area (Å²) in [5.41, 5.74) is 17.6. The molecule has 24 unspecified atom stereocenters. The second kappa shape index (κ2) is 57.6. The number of Topliss-reactive ketones (excluding diaryl/α,β-unsaturated/α-hetero) is 4. The van der Waals surface area contributed by atoms with Crippen LogP contribution < -0.4 is 16.8 Å². The number of nitrogens with two attached hydrogens (primary N) is 2. The number of aromatic nitrogens is 4. The first kappa shape index (κ1) is 126. The summed E-state index contributed by atoms with van der Waals surface area (Å²) >= 11 is 6.11. The molecule has 1 amide bonds. The Hall–Kier alpha value is -7.52. The van der Waals surface area contributed by atoms with Crippen molar-refractivity contribution in [3.05, 3.63) is 133 Å². The fourth-order valence-corrected chi connectivity index (χ4v) is 20.3. The molecular weight excluding hydrogens is 1880 g/mol. The van der Waals surface area contributed by atoms with Gasteiger partial charge in [0.15, 0.2) is 6.10 Å². The van der Waals surface area contributed by atoms with Crippen LogP contribution in [0.25, 0.3) is 24.3 Å². The number of amides is 1. The van der Waals surface area contributed by atoms with E-state index < -0.39 is 179 Å². The predicted molar refractivity (Wildman–Crippen MR) is 565 cm³/mol. The van der Waals surface area contributed by atoms with Gasteiger partial charge in [0.2, 0.25) is 5.91 Å². The number of carboxylic acids is 1. The molecule has 0 bridgehead atoms. The van der Waals surface area contributed by atoms with E-state index in [-0.39, 0.29) is 62.5 Å². The predicted octanol–water partition coefficient (Wildman–Crippen LogP) is 16.5. The third kappa shape index (κ3) is 39.0. The maximum Gasteiger partial charge on any atom is 0.309 e. The normalized spacial score (nSPS) is 29.4. The molecule has 4 aromatic rings. The Labute approximate surface area is 856 Å². The summed E-state index contributed by atoms with van der Waals surface area (Å²) in [4.78, 5) is 120. The van der Waals surface area contributed by atoms with Crippen molar-refractivity contribution in [2.75, 3.05) is 0 Å². The van der Waals surface area contributed by atoms with Crippen molar-refractivity contribution >= 4 is 117 Å². The van der Waals surface area contributed by atoms with Crippen LogP contribution in [0.1, 0.15) is 315 Å². The summed E-state index contributed by atoms with van der Waals surface area (Å²) < 4.78 is 11.5. The van der Waals surface area contributed by atoms with Crippen LogP contribution in [0.15, 0.2) is 90.4 Å². The van der Waals surface area contributed by atoms with Gasteiger partial charge in [-0.3, -0.25) is 38.4 Å². The summed E-state index contributed by atoms with van der Waals surface area (Å²) in [5, 5.41) is 142. The third-order valence-electron chi connectivity index (χ3n) is 28.3. The Morgan fingerprint density at radius 1 is 0.539 bits per heavy atom. The van der Waals surface area contributed by atoms with E-state index in [2.05, 4.69) is 25.3 Å². The number of esters is 2. The number of aliphatic carboxylic acids is 1. The van der Waals surface area contributed by atoms with Gasteiger partial charge in [0.1, 0.15) is 35.3 Å². The fraction of sp³-hybridized carbons (Fsp3) is 0.667. The molecule has 29 nitrogen and oxygen atoms in total. The van der Waals surface area contributed by atoms with E-state index >= 15 is 0 Å². The highest BCUT2D eigenvalue weighted by Gasteiger charge is 2.48. The van der Waals surface area contributed by atoms with Crippen LogP contribution in [0.3, 0.4) is 0 Å². The highest BCUT2D eigenvalue weighted by atomic mass is 32.1. The quantitative estimate of drug-likeness (QED) is 0.0257. The molecular formula is C108H173N7O22S4. The van der Waals surface area contributed by atoms with E-state index in [1.807, 2.05) is 149 Å². The Balaban J connectivity index is 0.000000641. The Morgan fingerprint density at radius 2 is 0.894 bits per heavy atom. The van der Waals surface area contributed by atoms with Crippen molar-refractivity contribution in [1.82, 2.24) is 25.3 Å². The van der Waals surface area contributed by atoms with Gasteiger partial charge in [-0.05, 0) is 230 Å². The number of ether oxygens (including phenoxy) is 2. The van der Waals surface area contributed by atoms with E-state index in [0.717, 1.165) is 134 Å². The average Bonchev–Trinajstić information content (AvgIpc) is 1.82. The molecule has 0 aliphatic carbocycles. The Morgan fingerprint density at radius 3 is 1.28 bits per heavy atom. The molecule has 3 aliphatic rings. The van der Waals surface area contributed by atoms with Crippen molar-refractivity contribution in [3.63, 3.8) is 0 Å².